The molecule has 23 heavy (non-hydrogen) atoms. The van der Waals surface area contributed by atoms with Crippen molar-refractivity contribution in [1.29, 1.82) is 0 Å². The fourth-order valence-corrected chi connectivity index (χ4v) is 4.81. The van der Waals surface area contributed by atoms with Crippen LogP contribution >= 0.6 is 0 Å². The lowest BCUT2D eigenvalue weighted by atomic mass is 9.67. The molecule has 0 N–H and O–H groups in total. The van der Waals surface area contributed by atoms with Gasteiger partial charge in [-0.2, -0.15) is 0 Å². The summed E-state index contributed by atoms with van der Waals surface area (Å²) >= 11 is 0. The number of benzene rings is 1. The van der Waals surface area contributed by atoms with Gasteiger partial charge in [-0.25, -0.2) is 9.18 Å². The molecular weight excluding hydrogens is 293 g/mol. The highest BCUT2D eigenvalue weighted by molar-refractivity contribution is 5.89. The zero-order valence-corrected chi connectivity index (χ0v) is 13.7. The summed E-state index contributed by atoms with van der Waals surface area (Å²) in [6.45, 7) is 1.65. The standard InChI is InChI=1S/C19H24FNO2/c1-23-18(22)14-9-13-4-8-21(12-16(13)17(20)10-14)15-3-7-19(11-15)5-2-6-19/h9-10,15H,2-8,11-12H2,1H3/t15-/m0/s1. The molecule has 3 nitrogen and oxygen atoms in total. The number of methoxy groups -OCH3 is 1. The van der Waals surface area contributed by atoms with E-state index in [0.717, 1.165) is 24.1 Å². The number of nitrogens with zero attached hydrogens (tertiary/aromatic N) is 1. The van der Waals surface area contributed by atoms with Crippen LogP contribution in [0.2, 0.25) is 0 Å². The predicted octanol–water partition coefficient (Wildman–Crippen LogP) is 3.69. The van der Waals surface area contributed by atoms with Crippen LogP contribution in [0.1, 0.15) is 60.0 Å². The van der Waals surface area contributed by atoms with Crippen LogP contribution in [0.4, 0.5) is 4.39 Å². The lowest BCUT2D eigenvalue weighted by molar-refractivity contribution is 0.0599. The molecule has 2 aliphatic carbocycles. The van der Waals surface area contributed by atoms with Crippen molar-refractivity contribution in [1.82, 2.24) is 4.90 Å². The molecule has 1 aromatic rings. The number of fused-ring (bicyclic) bond motifs is 1. The Bertz CT molecular complexity index is 639. The van der Waals surface area contributed by atoms with E-state index in [-0.39, 0.29) is 5.82 Å². The van der Waals surface area contributed by atoms with Crippen molar-refractivity contribution >= 4 is 5.97 Å². The molecule has 0 aromatic heterocycles. The van der Waals surface area contributed by atoms with E-state index >= 15 is 0 Å². The van der Waals surface area contributed by atoms with Gasteiger partial charge in [0.15, 0.2) is 0 Å². The minimum Gasteiger partial charge on any atom is -0.465 e. The van der Waals surface area contributed by atoms with Gasteiger partial charge in [0.2, 0.25) is 0 Å². The third-order valence-electron chi connectivity index (χ3n) is 6.35. The average molecular weight is 317 g/mol. The maximum Gasteiger partial charge on any atom is 0.337 e. The Hall–Kier alpha value is -1.42. The van der Waals surface area contributed by atoms with Crippen molar-refractivity contribution < 1.29 is 13.9 Å². The summed E-state index contributed by atoms with van der Waals surface area (Å²) in [6.07, 6.45) is 8.91. The van der Waals surface area contributed by atoms with Crippen LogP contribution in [-0.4, -0.2) is 30.6 Å². The Morgan fingerprint density at radius 3 is 2.83 bits per heavy atom. The van der Waals surface area contributed by atoms with Gasteiger partial charge in [-0.05, 0) is 61.6 Å². The fourth-order valence-electron chi connectivity index (χ4n) is 4.81. The molecule has 1 aliphatic heterocycles. The smallest absolute Gasteiger partial charge is 0.337 e. The van der Waals surface area contributed by atoms with Gasteiger partial charge < -0.3 is 4.74 Å². The molecule has 3 aliphatic rings. The van der Waals surface area contributed by atoms with Gasteiger partial charge in [0.25, 0.3) is 0 Å². The number of carbonyl (C=O) groups is 1. The number of ether oxygens (including phenoxy) is 1. The van der Waals surface area contributed by atoms with Gasteiger partial charge in [0.05, 0.1) is 12.7 Å². The maximum absolute atomic E-state index is 14.5. The molecule has 1 heterocycles. The number of hydrogen-bond donors (Lipinski definition) is 0. The first-order valence-corrected chi connectivity index (χ1v) is 8.74. The van der Waals surface area contributed by atoms with Crippen molar-refractivity contribution in [2.45, 2.75) is 57.5 Å². The van der Waals surface area contributed by atoms with E-state index in [1.165, 1.54) is 51.7 Å². The Balaban J connectivity index is 1.52. The summed E-state index contributed by atoms with van der Waals surface area (Å²) in [7, 11) is 1.33. The molecule has 4 rings (SSSR count). The highest BCUT2D eigenvalue weighted by Gasteiger charge is 2.45. The van der Waals surface area contributed by atoms with Gasteiger partial charge in [-0.1, -0.05) is 6.42 Å². The van der Waals surface area contributed by atoms with Gasteiger partial charge in [0.1, 0.15) is 5.82 Å². The fraction of sp³-hybridized carbons (Fsp3) is 0.632. The van der Waals surface area contributed by atoms with Crippen LogP contribution in [0.3, 0.4) is 0 Å². The number of esters is 1. The second kappa shape index (κ2) is 5.59. The molecule has 1 aromatic carbocycles. The first kappa shape index (κ1) is 15.1. The van der Waals surface area contributed by atoms with Crippen LogP contribution < -0.4 is 0 Å². The van der Waals surface area contributed by atoms with Gasteiger partial charge in [0, 0.05) is 24.7 Å². The molecule has 0 saturated heterocycles. The number of carbonyl (C=O) groups excluding carboxylic acids is 1. The van der Waals surface area contributed by atoms with Crippen molar-refractivity contribution in [2.75, 3.05) is 13.7 Å². The topological polar surface area (TPSA) is 29.5 Å². The second-order valence-corrected chi connectivity index (χ2v) is 7.56. The van der Waals surface area contributed by atoms with Crippen LogP contribution in [0.5, 0.6) is 0 Å². The zero-order valence-electron chi connectivity index (χ0n) is 13.7. The van der Waals surface area contributed by atoms with E-state index in [9.17, 15) is 9.18 Å². The molecule has 0 bridgehead atoms. The van der Waals surface area contributed by atoms with Crippen molar-refractivity contribution in [2.24, 2.45) is 5.41 Å². The monoisotopic (exact) mass is 317 g/mol. The molecular formula is C19H24FNO2. The number of rotatable bonds is 2. The van der Waals surface area contributed by atoms with Gasteiger partial charge in [-0.15, -0.1) is 0 Å². The zero-order chi connectivity index (χ0) is 16.0. The van der Waals surface area contributed by atoms with E-state index in [1.807, 2.05) is 6.07 Å². The van der Waals surface area contributed by atoms with Crippen LogP contribution in [0.15, 0.2) is 12.1 Å². The van der Waals surface area contributed by atoms with E-state index in [0.29, 0.717) is 23.6 Å². The quantitative estimate of drug-likeness (QED) is 0.779. The summed E-state index contributed by atoms with van der Waals surface area (Å²) in [5.74, 6) is -0.721. The highest BCUT2D eigenvalue weighted by atomic mass is 19.1. The molecule has 2 saturated carbocycles. The summed E-state index contributed by atoms with van der Waals surface area (Å²) in [5.41, 5.74) is 2.70. The van der Waals surface area contributed by atoms with Crippen LogP contribution in [0, 0.1) is 11.2 Å². The number of halogens is 1. The Morgan fingerprint density at radius 1 is 1.35 bits per heavy atom. The lowest BCUT2D eigenvalue weighted by Crippen LogP contribution is -2.39. The Labute approximate surface area is 136 Å². The normalized spacial score (nSPS) is 25.9. The minimum atomic E-state index is -0.461. The molecule has 0 radical (unpaired) electrons. The van der Waals surface area contributed by atoms with Gasteiger partial charge >= 0.3 is 5.97 Å². The molecule has 0 amide bonds. The molecule has 0 unspecified atom stereocenters. The Kier molecular flexibility index (Phi) is 3.67. The lowest BCUT2D eigenvalue weighted by Gasteiger charge is -2.40. The summed E-state index contributed by atoms with van der Waals surface area (Å²) < 4.78 is 19.2. The SMILES string of the molecule is COC(=O)c1cc(F)c2c(c1)CCN([C@H]1CCC3(CCC3)C1)C2. The minimum absolute atomic E-state index is 0.260. The maximum atomic E-state index is 14.5. The summed E-state index contributed by atoms with van der Waals surface area (Å²) in [6, 6.07) is 3.75. The van der Waals surface area contributed by atoms with E-state index in [2.05, 4.69) is 4.90 Å². The summed E-state index contributed by atoms with van der Waals surface area (Å²) in [5, 5.41) is 0. The highest BCUT2D eigenvalue weighted by Crippen LogP contribution is 2.54. The van der Waals surface area contributed by atoms with Crippen molar-refractivity contribution in [3.8, 4) is 0 Å². The average Bonchev–Trinajstić information content (AvgIpc) is 2.99. The summed E-state index contributed by atoms with van der Waals surface area (Å²) in [4.78, 5) is 14.1. The first-order chi connectivity index (χ1) is 11.1. The van der Waals surface area contributed by atoms with Crippen LogP contribution in [0.25, 0.3) is 0 Å². The van der Waals surface area contributed by atoms with Crippen molar-refractivity contribution in [3.05, 3.63) is 34.6 Å². The molecule has 1 atom stereocenters. The molecule has 4 heteroatoms. The molecule has 1 spiro atoms. The van der Waals surface area contributed by atoms with E-state index < -0.39 is 5.97 Å². The third-order valence-corrected chi connectivity index (χ3v) is 6.35. The van der Waals surface area contributed by atoms with E-state index in [4.69, 9.17) is 4.74 Å². The van der Waals surface area contributed by atoms with Crippen LogP contribution in [-0.2, 0) is 17.7 Å². The van der Waals surface area contributed by atoms with Gasteiger partial charge in [-0.3, -0.25) is 4.90 Å². The second-order valence-electron chi connectivity index (χ2n) is 7.56. The molecule has 2 fully saturated rings. The molecule has 124 valence electrons. The predicted molar refractivity (Wildman–Crippen MR) is 85.8 cm³/mol. The third kappa shape index (κ3) is 2.57. The first-order valence-electron chi connectivity index (χ1n) is 8.74. The van der Waals surface area contributed by atoms with Crippen molar-refractivity contribution in [3.63, 3.8) is 0 Å². The largest absolute Gasteiger partial charge is 0.465 e. The Morgan fingerprint density at radius 2 is 2.17 bits per heavy atom. The number of hydrogen-bond acceptors (Lipinski definition) is 3. The van der Waals surface area contributed by atoms with E-state index in [1.54, 1.807) is 0 Å².